The van der Waals surface area contributed by atoms with E-state index in [1.54, 1.807) is 13.3 Å². The molecule has 1 unspecified atom stereocenters. The number of methoxy groups -OCH3 is 1. The number of hydrogen-bond acceptors (Lipinski definition) is 4. The summed E-state index contributed by atoms with van der Waals surface area (Å²) in [7, 11) is 1.77. The standard InChI is InChI=1S/C14H17N3O/c1-18-10-6-8-17(9-10)13-5-4-12-11(14(13)15)3-2-7-16-12/h2-5,7,10H,6,8-9,15H2,1H3. The Morgan fingerprint density at radius 1 is 1.39 bits per heavy atom. The molecule has 1 fully saturated rings. The predicted molar refractivity (Wildman–Crippen MR) is 73.8 cm³/mol. The maximum atomic E-state index is 6.26. The van der Waals surface area contributed by atoms with E-state index in [2.05, 4.69) is 16.0 Å². The fourth-order valence-corrected chi connectivity index (χ4v) is 2.58. The monoisotopic (exact) mass is 243 g/mol. The highest BCUT2D eigenvalue weighted by molar-refractivity contribution is 5.97. The van der Waals surface area contributed by atoms with Gasteiger partial charge in [0.05, 0.1) is 23.0 Å². The van der Waals surface area contributed by atoms with Gasteiger partial charge in [-0.25, -0.2) is 0 Å². The highest BCUT2D eigenvalue weighted by atomic mass is 16.5. The molecular formula is C14H17N3O. The molecule has 4 nitrogen and oxygen atoms in total. The molecule has 1 saturated heterocycles. The zero-order valence-electron chi connectivity index (χ0n) is 10.5. The topological polar surface area (TPSA) is 51.4 Å². The average molecular weight is 243 g/mol. The number of ether oxygens (including phenoxy) is 1. The Bertz CT molecular complexity index is 570. The molecule has 18 heavy (non-hydrogen) atoms. The largest absolute Gasteiger partial charge is 0.396 e. The van der Waals surface area contributed by atoms with Crippen molar-refractivity contribution in [1.82, 2.24) is 4.98 Å². The maximum absolute atomic E-state index is 6.26. The van der Waals surface area contributed by atoms with Gasteiger partial charge in [-0.05, 0) is 30.7 Å². The summed E-state index contributed by atoms with van der Waals surface area (Å²) in [5.74, 6) is 0. The average Bonchev–Trinajstić information content (AvgIpc) is 2.88. The third-order valence-electron chi connectivity index (χ3n) is 3.62. The van der Waals surface area contributed by atoms with Crippen LogP contribution in [0.2, 0.25) is 0 Å². The molecule has 0 aliphatic carbocycles. The summed E-state index contributed by atoms with van der Waals surface area (Å²) in [6, 6.07) is 8.03. The molecule has 1 aliphatic heterocycles. The van der Waals surface area contributed by atoms with E-state index in [9.17, 15) is 0 Å². The number of hydrogen-bond donors (Lipinski definition) is 1. The first kappa shape index (κ1) is 11.3. The van der Waals surface area contributed by atoms with E-state index >= 15 is 0 Å². The SMILES string of the molecule is COC1CCN(c2ccc3ncccc3c2N)C1. The number of pyridine rings is 1. The molecule has 0 radical (unpaired) electrons. The van der Waals surface area contributed by atoms with Gasteiger partial charge < -0.3 is 15.4 Å². The first-order valence-corrected chi connectivity index (χ1v) is 6.20. The van der Waals surface area contributed by atoms with Crippen molar-refractivity contribution < 1.29 is 4.74 Å². The molecule has 1 aliphatic rings. The van der Waals surface area contributed by atoms with E-state index < -0.39 is 0 Å². The minimum atomic E-state index is 0.314. The fraction of sp³-hybridized carbons (Fsp3) is 0.357. The molecule has 3 rings (SSSR count). The van der Waals surface area contributed by atoms with E-state index in [1.807, 2.05) is 18.2 Å². The van der Waals surface area contributed by atoms with Crippen molar-refractivity contribution in [2.45, 2.75) is 12.5 Å². The zero-order valence-corrected chi connectivity index (χ0v) is 10.5. The fourth-order valence-electron chi connectivity index (χ4n) is 2.58. The van der Waals surface area contributed by atoms with Crippen LogP contribution < -0.4 is 10.6 Å². The lowest BCUT2D eigenvalue weighted by Crippen LogP contribution is -2.23. The number of nitrogens with zero attached hydrogens (tertiary/aromatic N) is 2. The van der Waals surface area contributed by atoms with Crippen molar-refractivity contribution in [2.24, 2.45) is 0 Å². The first-order chi connectivity index (χ1) is 8.79. The van der Waals surface area contributed by atoms with Crippen molar-refractivity contribution in [2.75, 3.05) is 30.8 Å². The second-order valence-electron chi connectivity index (χ2n) is 4.66. The number of nitrogen functional groups attached to an aromatic ring is 1. The Kier molecular flexibility index (Phi) is 2.80. The van der Waals surface area contributed by atoms with E-state index in [0.29, 0.717) is 6.10 Å². The summed E-state index contributed by atoms with van der Waals surface area (Å²) >= 11 is 0. The minimum absolute atomic E-state index is 0.314. The Balaban J connectivity index is 2.00. The second kappa shape index (κ2) is 4.46. The summed E-state index contributed by atoms with van der Waals surface area (Å²) in [6.45, 7) is 1.90. The molecule has 2 aromatic rings. The van der Waals surface area contributed by atoms with Crippen molar-refractivity contribution in [3.8, 4) is 0 Å². The van der Waals surface area contributed by atoms with Crippen molar-refractivity contribution in [1.29, 1.82) is 0 Å². The van der Waals surface area contributed by atoms with Gasteiger partial charge >= 0.3 is 0 Å². The third-order valence-corrected chi connectivity index (χ3v) is 3.62. The number of rotatable bonds is 2. The Morgan fingerprint density at radius 3 is 3.06 bits per heavy atom. The minimum Gasteiger partial charge on any atom is -0.396 e. The highest BCUT2D eigenvalue weighted by Crippen LogP contribution is 2.32. The lowest BCUT2D eigenvalue weighted by Gasteiger charge is -2.21. The zero-order chi connectivity index (χ0) is 12.5. The summed E-state index contributed by atoms with van der Waals surface area (Å²) in [6.07, 6.45) is 3.16. The van der Waals surface area contributed by atoms with Crippen molar-refractivity contribution in [3.05, 3.63) is 30.5 Å². The predicted octanol–water partition coefficient (Wildman–Crippen LogP) is 2.04. The van der Waals surface area contributed by atoms with Gasteiger partial charge in [-0.1, -0.05) is 0 Å². The smallest absolute Gasteiger partial charge is 0.0762 e. The van der Waals surface area contributed by atoms with Crippen LogP contribution in [0.15, 0.2) is 30.5 Å². The Hall–Kier alpha value is -1.81. The normalized spacial score (nSPS) is 19.6. The van der Waals surface area contributed by atoms with Crippen LogP contribution in [0.25, 0.3) is 10.9 Å². The van der Waals surface area contributed by atoms with E-state index in [-0.39, 0.29) is 0 Å². The van der Waals surface area contributed by atoms with Crippen LogP contribution in [0.3, 0.4) is 0 Å². The van der Waals surface area contributed by atoms with E-state index in [1.165, 1.54) is 0 Å². The van der Waals surface area contributed by atoms with Crippen LogP contribution in [0.5, 0.6) is 0 Å². The molecule has 1 aromatic carbocycles. The molecule has 0 spiro atoms. The molecule has 94 valence electrons. The molecule has 2 heterocycles. The Morgan fingerprint density at radius 2 is 2.28 bits per heavy atom. The van der Waals surface area contributed by atoms with Crippen molar-refractivity contribution >= 4 is 22.3 Å². The lowest BCUT2D eigenvalue weighted by molar-refractivity contribution is 0.121. The number of benzene rings is 1. The van der Waals surface area contributed by atoms with Crippen LogP contribution in [-0.2, 0) is 4.74 Å². The van der Waals surface area contributed by atoms with Gasteiger partial charge in [0.15, 0.2) is 0 Å². The van der Waals surface area contributed by atoms with Gasteiger partial charge in [0.1, 0.15) is 0 Å². The lowest BCUT2D eigenvalue weighted by atomic mass is 10.1. The van der Waals surface area contributed by atoms with Gasteiger partial charge in [-0.15, -0.1) is 0 Å². The van der Waals surface area contributed by atoms with Gasteiger partial charge in [-0.3, -0.25) is 4.98 Å². The molecule has 1 aromatic heterocycles. The Labute approximate surface area is 106 Å². The summed E-state index contributed by atoms with van der Waals surface area (Å²) in [5, 5.41) is 1.02. The number of anilines is 2. The number of aromatic nitrogens is 1. The summed E-state index contributed by atoms with van der Waals surface area (Å²) in [5.41, 5.74) is 9.12. The summed E-state index contributed by atoms with van der Waals surface area (Å²) in [4.78, 5) is 6.61. The van der Waals surface area contributed by atoms with Crippen LogP contribution in [-0.4, -0.2) is 31.3 Å². The first-order valence-electron chi connectivity index (χ1n) is 6.20. The molecular weight excluding hydrogens is 226 g/mol. The molecule has 0 amide bonds. The van der Waals surface area contributed by atoms with Gasteiger partial charge in [0, 0.05) is 31.8 Å². The molecule has 4 heteroatoms. The van der Waals surface area contributed by atoms with Gasteiger partial charge in [0.2, 0.25) is 0 Å². The number of nitrogens with two attached hydrogens (primary N) is 1. The van der Waals surface area contributed by atoms with Crippen LogP contribution in [0.4, 0.5) is 11.4 Å². The molecule has 1 atom stereocenters. The van der Waals surface area contributed by atoms with Crippen molar-refractivity contribution in [3.63, 3.8) is 0 Å². The second-order valence-corrected chi connectivity index (χ2v) is 4.66. The molecule has 0 bridgehead atoms. The third kappa shape index (κ3) is 1.78. The maximum Gasteiger partial charge on any atom is 0.0762 e. The molecule has 2 N–H and O–H groups in total. The van der Waals surface area contributed by atoms with E-state index in [4.69, 9.17) is 10.5 Å². The van der Waals surface area contributed by atoms with Crippen LogP contribution in [0.1, 0.15) is 6.42 Å². The van der Waals surface area contributed by atoms with E-state index in [0.717, 1.165) is 41.8 Å². The highest BCUT2D eigenvalue weighted by Gasteiger charge is 2.23. The number of fused-ring (bicyclic) bond motifs is 1. The summed E-state index contributed by atoms with van der Waals surface area (Å²) < 4.78 is 5.40. The van der Waals surface area contributed by atoms with Crippen LogP contribution >= 0.6 is 0 Å². The quantitative estimate of drug-likeness (QED) is 0.820. The molecule has 0 saturated carbocycles. The van der Waals surface area contributed by atoms with Gasteiger partial charge in [0.25, 0.3) is 0 Å². The van der Waals surface area contributed by atoms with Crippen LogP contribution in [0, 0.1) is 0 Å². The van der Waals surface area contributed by atoms with Gasteiger partial charge in [-0.2, -0.15) is 0 Å².